The Kier molecular flexibility index (Phi) is 11.4. The van der Waals surface area contributed by atoms with Gasteiger partial charge in [-0.1, -0.05) is 20.4 Å². The van der Waals surface area contributed by atoms with E-state index in [-0.39, 0.29) is 35.9 Å². The number of ether oxygens (including phenoxy) is 2. The minimum atomic E-state index is -1.04. The number of rotatable bonds is 13. The summed E-state index contributed by atoms with van der Waals surface area (Å²) in [6.45, 7) is 13.0. The lowest BCUT2D eigenvalue weighted by molar-refractivity contribution is -0.150. The molecule has 6 nitrogen and oxygen atoms in total. The molecule has 0 bridgehead atoms. The van der Waals surface area contributed by atoms with Crippen LogP contribution in [0.25, 0.3) is 0 Å². The smallest absolute Gasteiger partial charge is 0.333 e. The summed E-state index contributed by atoms with van der Waals surface area (Å²) in [5, 5.41) is 9.61. The number of aliphatic hydroxyl groups excluding tert-OH is 1. The van der Waals surface area contributed by atoms with Crippen LogP contribution < -0.4 is 0 Å². The van der Waals surface area contributed by atoms with Gasteiger partial charge in [0.25, 0.3) is 0 Å². The zero-order chi connectivity index (χ0) is 18.6. The van der Waals surface area contributed by atoms with E-state index in [4.69, 9.17) is 9.47 Å². The summed E-state index contributed by atoms with van der Waals surface area (Å²) in [6.07, 6.45) is 1.12. The first kappa shape index (κ1) is 22.7. The van der Waals surface area contributed by atoms with Gasteiger partial charge in [-0.05, 0) is 26.5 Å². The van der Waals surface area contributed by atoms with Gasteiger partial charge < -0.3 is 19.6 Å². The molecule has 0 aromatic rings. The van der Waals surface area contributed by atoms with Crippen LogP contribution in [0.4, 0.5) is 0 Å². The van der Waals surface area contributed by atoms with Gasteiger partial charge >= 0.3 is 11.9 Å². The first-order valence-corrected chi connectivity index (χ1v) is 8.95. The Hall–Kier alpha value is -1.34. The fourth-order valence-corrected chi connectivity index (χ4v) is 2.85. The molecule has 0 rings (SSSR count). The van der Waals surface area contributed by atoms with Crippen molar-refractivity contribution in [3.63, 3.8) is 0 Å². The Morgan fingerprint density at radius 2 is 1.96 bits per heavy atom. The van der Waals surface area contributed by atoms with E-state index < -0.39 is 12.1 Å². The van der Waals surface area contributed by atoms with Crippen molar-refractivity contribution in [3.8, 4) is 0 Å². The van der Waals surface area contributed by atoms with E-state index in [1.165, 1.54) is 6.92 Å². The van der Waals surface area contributed by atoms with Crippen molar-refractivity contribution < 1.29 is 24.2 Å². The fourth-order valence-electron chi connectivity index (χ4n) is 1.65. The van der Waals surface area contributed by atoms with Crippen molar-refractivity contribution in [2.75, 3.05) is 25.5 Å². The lowest BCUT2D eigenvalue weighted by atomic mass is 10.0. The molecule has 0 spiro atoms. The molecule has 0 fully saturated rings. The van der Waals surface area contributed by atoms with Gasteiger partial charge in [0.2, 0.25) is 0 Å². The largest absolute Gasteiger partial charge is 0.463 e. The molecule has 0 aliphatic carbocycles. The summed E-state index contributed by atoms with van der Waals surface area (Å²) in [5.41, 5.74) is 0.252. The maximum atomic E-state index is 11.7. The normalized spacial score (nSPS) is 14.3. The number of thioether (sulfide) groups is 1. The van der Waals surface area contributed by atoms with Crippen molar-refractivity contribution in [2.45, 2.75) is 50.9 Å². The Labute approximate surface area is 148 Å². The quantitative estimate of drug-likeness (QED) is 0.309. The Bertz CT molecular complexity index is 441. The van der Waals surface area contributed by atoms with Crippen molar-refractivity contribution in [2.24, 2.45) is 4.99 Å². The third-order valence-electron chi connectivity index (χ3n) is 3.50. The molecular formula is C17H29NO5S. The number of carbonyl (C=O) groups excluding carboxylic acids is 2. The number of esters is 2. The molecule has 2 atom stereocenters. The fraction of sp³-hybridized carbons (Fsp3) is 0.706. The van der Waals surface area contributed by atoms with Gasteiger partial charge in [0.15, 0.2) is 0 Å². The van der Waals surface area contributed by atoms with Crippen LogP contribution in [0, 0.1) is 0 Å². The van der Waals surface area contributed by atoms with E-state index in [9.17, 15) is 14.7 Å². The van der Waals surface area contributed by atoms with Crippen molar-refractivity contribution in [1.82, 2.24) is 0 Å². The minimum Gasteiger partial charge on any atom is -0.463 e. The monoisotopic (exact) mass is 359 g/mol. The third kappa shape index (κ3) is 10.4. The molecule has 0 heterocycles. The van der Waals surface area contributed by atoms with E-state index in [1.807, 2.05) is 0 Å². The van der Waals surface area contributed by atoms with Gasteiger partial charge in [-0.3, -0.25) is 4.79 Å². The summed E-state index contributed by atoms with van der Waals surface area (Å²) in [4.78, 5) is 26.7. The SMILES string of the molecule is C=NCCC(C)(CC)SCCC(=O)OCC(O)COC(=O)C(=C)C. The summed E-state index contributed by atoms with van der Waals surface area (Å²) in [6, 6.07) is 0. The first-order chi connectivity index (χ1) is 11.2. The molecule has 0 aromatic carbocycles. The minimum absolute atomic E-state index is 0.0672. The van der Waals surface area contributed by atoms with E-state index >= 15 is 0 Å². The van der Waals surface area contributed by atoms with Crippen LogP contribution in [0.3, 0.4) is 0 Å². The van der Waals surface area contributed by atoms with Gasteiger partial charge in [-0.2, -0.15) is 11.8 Å². The van der Waals surface area contributed by atoms with Gasteiger partial charge in [-0.15, -0.1) is 0 Å². The Balaban J connectivity index is 3.95. The average molecular weight is 359 g/mol. The lowest BCUT2D eigenvalue weighted by Crippen LogP contribution is -2.26. The van der Waals surface area contributed by atoms with Gasteiger partial charge in [0.1, 0.15) is 19.3 Å². The molecule has 24 heavy (non-hydrogen) atoms. The molecule has 0 amide bonds. The second-order valence-electron chi connectivity index (χ2n) is 5.81. The van der Waals surface area contributed by atoms with Crippen LogP contribution in [0.5, 0.6) is 0 Å². The number of carbonyl (C=O) groups is 2. The van der Waals surface area contributed by atoms with E-state index in [2.05, 4.69) is 32.1 Å². The van der Waals surface area contributed by atoms with Crippen LogP contribution >= 0.6 is 11.8 Å². The third-order valence-corrected chi connectivity index (χ3v) is 5.09. The molecule has 0 aromatic heterocycles. The first-order valence-electron chi connectivity index (χ1n) is 7.97. The molecule has 2 unspecified atom stereocenters. The number of aliphatic imine (C=N–C) groups is 1. The highest BCUT2D eigenvalue weighted by Gasteiger charge is 2.22. The maximum absolute atomic E-state index is 11.7. The summed E-state index contributed by atoms with van der Waals surface area (Å²) in [7, 11) is 0. The van der Waals surface area contributed by atoms with Crippen LogP contribution in [0.15, 0.2) is 17.1 Å². The highest BCUT2D eigenvalue weighted by molar-refractivity contribution is 8.00. The van der Waals surface area contributed by atoms with Gasteiger partial charge in [0, 0.05) is 22.6 Å². The van der Waals surface area contributed by atoms with E-state index in [0.717, 1.165) is 12.8 Å². The number of hydrogen-bond donors (Lipinski definition) is 1. The lowest BCUT2D eigenvalue weighted by Gasteiger charge is -2.26. The average Bonchev–Trinajstić information content (AvgIpc) is 2.55. The van der Waals surface area contributed by atoms with Gasteiger partial charge in [0.05, 0.1) is 6.42 Å². The van der Waals surface area contributed by atoms with E-state index in [0.29, 0.717) is 12.3 Å². The highest BCUT2D eigenvalue weighted by Crippen LogP contribution is 2.32. The number of aliphatic hydroxyl groups is 1. The second-order valence-corrected chi connectivity index (χ2v) is 7.50. The molecular weight excluding hydrogens is 330 g/mol. The summed E-state index contributed by atoms with van der Waals surface area (Å²) >= 11 is 1.71. The van der Waals surface area contributed by atoms with Crippen LogP contribution in [0.1, 0.15) is 40.0 Å². The maximum Gasteiger partial charge on any atom is 0.333 e. The molecule has 0 saturated heterocycles. The molecule has 0 aliphatic heterocycles. The topological polar surface area (TPSA) is 85.2 Å². The predicted octanol–water partition coefficient (Wildman–Crippen LogP) is 2.39. The zero-order valence-corrected chi connectivity index (χ0v) is 15.7. The Morgan fingerprint density at radius 3 is 2.50 bits per heavy atom. The molecule has 1 N–H and O–H groups in total. The second kappa shape index (κ2) is 12.1. The van der Waals surface area contributed by atoms with Crippen molar-refractivity contribution in [1.29, 1.82) is 0 Å². The molecule has 7 heteroatoms. The highest BCUT2D eigenvalue weighted by atomic mass is 32.2. The van der Waals surface area contributed by atoms with Crippen molar-refractivity contribution in [3.05, 3.63) is 12.2 Å². The molecule has 138 valence electrons. The van der Waals surface area contributed by atoms with Gasteiger partial charge in [-0.25, -0.2) is 4.79 Å². The van der Waals surface area contributed by atoms with Crippen LogP contribution in [-0.4, -0.2) is 60.1 Å². The number of hydrogen-bond acceptors (Lipinski definition) is 7. The number of nitrogens with zero attached hydrogens (tertiary/aromatic N) is 1. The van der Waals surface area contributed by atoms with E-state index in [1.54, 1.807) is 11.8 Å². The zero-order valence-electron chi connectivity index (χ0n) is 14.9. The van der Waals surface area contributed by atoms with Crippen LogP contribution in [0.2, 0.25) is 0 Å². The standard InChI is InChI=1S/C17H29NO5S/c1-6-17(4,8-9-18-5)24-10-7-15(20)22-11-14(19)12-23-16(21)13(2)3/h14,19H,2,5-12H2,1,3-4H3. The molecule has 0 aliphatic rings. The van der Waals surface area contributed by atoms with Crippen LogP contribution in [-0.2, 0) is 19.1 Å². The summed E-state index contributed by atoms with van der Waals surface area (Å²) < 4.78 is 9.83. The summed E-state index contributed by atoms with van der Waals surface area (Å²) in [5.74, 6) is -0.321. The molecule has 0 saturated carbocycles. The Morgan fingerprint density at radius 1 is 1.33 bits per heavy atom. The van der Waals surface area contributed by atoms with Crippen molar-refractivity contribution >= 4 is 30.4 Å². The predicted molar refractivity (Wildman–Crippen MR) is 97.5 cm³/mol. The molecule has 0 radical (unpaired) electrons.